The van der Waals surface area contributed by atoms with Gasteiger partial charge in [0, 0.05) is 25.0 Å². The van der Waals surface area contributed by atoms with Crippen LogP contribution in [0.3, 0.4) is 0 Å². The molecule has 76 valence electrons. The first-order valence-corrected chi connectivity index (χ1v) is 5.21. The van der Waals surface area contributed by atoms with Crippen LogP contribution in [0.2, 0.25) is 0 Å². The topological polar surface area (TPSA) is 23.5 Å². The van der Waals surface area contributed by atoms with Gasteiger partial charge in [-0.2, -0.15) is 0 Å². The van der Waals surface area contributed by atoms with Crippen molar-refractivity contribution in [3.63, 3.8) is 0 Å². The van der Waals surface area contributed by atoms with Gasteiger partial charge in [-0.15, -0.1) is 0 Å². The van der Waals surface area contributed by atoms with Gasteiger partial charge in [-0.3, -0.25) is 4.90 Å². The molecule has 1 saturated heterocycles. The van der Waals surface area contributed by atoms with Crippen LogP contribution in [-0.4, -0.2) is 35.7 Å². The molecule has 1 atom stereocenters. The maximum atomic E-state index is 8.99. The maximum absolute atomic E-state index is 8.99. The lowest BCUT2D eigenvalue weighted by atomic mass is 9.90. The van der Waals surface area contributed by atoms with E-state index >= 15 is 0 Å². The minimum absolute atomic E-state index is 0.265. The number of benzene rings is 1. The quantitative estimate of drug-likeness (QED) is 0.782. The molecule has 2 rings (SSSR count). The number of nitrogens with zero attached hydrogens (tertiary/aromatic N) is 1. The fourth-order valence-electron chi connectivity index (χ4n) is 1.92. The molecule has 14 heavy (non-hydrogen) atoms. The first kappa shape index (κ1) is 9.69. The van der Waals surface area contributed by atoms with Crippen molar-refractivity contribution in [1.29, 1.82) is 0 Å². The van der Waals surface area contributed by atoms with Crippen LogP contribution in [0, 0.1) is 0 Å². The van der Waals surface area contributed by atoms with Crippen LogP contribution in [0.4, 0.5) is 0 Å². The van der Waals surface area contributed by atoms with E-state index in [0.29, 0.717) is 12.0 Å². The Hall–Kier alpha value is -0.860. The predicted octanol–water partition coefficient (Wildman–Crippen LogP) is 1.47. The van der Waals surface area contributed by atoms with Gasteiger partial charge in [0.15, 0.2) is 0 Å². The van der Waals surface area contributed by atoms with Crippen molar-refractivity contribution in [1.82, 2.24) is 4.90 Å². The van der Waals surface area contributed by atoms with Gasteiger partial charge in [-0.1, -0.05) is 30.3 Å². The molecule has 0 aliphatic carbocycles. The smallest absolute Gasteiger partial charge is 0.0584 e. The zero-order chi connectivity index (χ0) is 9.97. The lowest BCUT2D eigenvalue weighted by molar-refractivity contribution is 0.0630. The van der Waals surface area contributed by atoms with Gasteiger partial charge in [0.1, 0.15) is 0 Å². The van der Waals surface area contributed by atoms with Crippen molar-refractivity contribution >= 4 is 0 Å². The van der Waals surface area contributed by atoms with E-state index in [4.69, 9.17) is 5.11 Å². The van der Waals surface area contributed by atoms with E-state index in [1.807, 2.05) is 0 Å². The lowest BCUT2D eigenvalue weighted by Gasteiger charge is -2.42. The van der Waals surface area contributed by atoms with E-state index in [2.05, 4.69) is 42.2 Å². The van der Waals surface area contributed by atoms with Crippen molar-refractivity contribution < 1.29 is 5.11 Å². The van der Waals surface area contributed by atoms with E-state index in [9.17, 15) is 0 Å². The van der Waals surface area contributed by atoms with E-state index in [1.165, 1.54) is 5.56 Å². The summed E-state index contributed by atoms with van der Waals surface area (Å²) in [5.41, 5.74) is 1.42. The minimum Gasteiger partial charge on any atom is -0.395 e. The molecule has 1 N–H and O–H groups in total. The molecule has 1 fully saturated rings. The molecule has 1 aromatic rings. The highest BCUT2D eigenvalue weighted by Crippen LogP contribution is 2.27. The number of aliphatic hydroxyl groups excluding tert-OH is 1. The summed E-state index contributed by atoms with van der Waals surface area (Å²) < 4.78 is 0. The third-order valence-corrected chi connectivity index (χ3v) is 3.07. The fraction of sp³-hybridized carbons (Fsp3) is 0.500. The van der Waals surface area contributed by atoms with Crippen LogP contribution >= 0.6 is 0 Å². The molecule has 0 spiro atoms. The fourth-order valence-corrected chi connectivity index (χ4v) is 1.92. The zero-order valence-electron chi connectivity index (χ0n) is 8.56. The molecule has 1 aromatic carbocycles. The summed E-state index contributed by atoms with van der Waals surface area (Å²) >= 11 is 0. The number of aliphatic hydroxyl groups is 1. The van der Waals surface area contributed by atoms with Gasteiger partial charge in [0.05, 0.1) is 6.61 Å². The van der Waals surface area contributed by atoms with E-state index in [-0.39, 0.29) is 6.61 Å². The Labute approximate surface area is 85.2 Å². The second-order valence-corrected chi connectivity index (χ2v) is 4.09. The average Bonchev–Trinajstić information content (AvgIpc) is 2.17. The summed E-state index contributed by atoms with van der Waals surface area (Å²) in [6, 6.07) is 10.9. The summed E-state index contributed by atoms with van der Waals surface area (Å²) in [7, 11) is 0. The Balaban J connectivity index is 1.89. The summed E-state index contributed by atoms with van der Waals surface area (Å²) in [4.78, 5) is 2.32. The highest BCUT2D eigenvalue weighted by molar-refractivity contribution is 5.22. The molecule has 1 heterocycles. The van der Waals surface area contributed by atoms with Gasteiger partial charge in [0.25, 0.3) is 0 Å². The molecule has 1 aliphatic rings. The Morgan fingerprint density at radius 3 is 2.57 bits per heavy atom. The van der Waals surface area contributed by atoms with Gasteiger partial charge in [-0.25, -0.2) is 0 Å². The van der Waals surface area contributed by atoms with Crippen LogP contribution in [0.25, 0.3) is 0 Å². The van der Waals surface area contributed by atoms with Crippen LogP contribution < -0.4 is 0 Å². The molecule has 1 unspecified atom stereocenters. The molecule has 0 saturated carbocycles. The van der Waals surface area contributed by atoms with Gasteiger partial charge >= 0.3 is 0 Å². The lowest BCUT2D eigenvalue weighted by Crippen LogP contribution is -2.50. The molecule has 0 aromatic heterocycles. The third kappa shape index (κ3) is 1.81. The van der Waals surface area contributed by atoms with Gasteiger partial charge < -0.3 is 5.11 Å². The van der Waals surface area contributed by atoms with E-state index in [0.717, 1.165) is 13.1 Å². The maximum Gasteiger partial charge on any atom is 0.0584 e. The minimum atomic E-state index is 0.265. The Morgan fingerprint density at radius 1 is 1.36 bits per heavy atom. The van der Waals surface area contributed by atoms with Gasteiger partial charge in [-0.05, 0) is 12.5 Å². The highest BCUT2D eigenvalue weighted by atomic mass is 16.3. The average molecular weight is 191 g/mol. The van der Waals surface area contributed by atoms with Crippen molar-refractivity contribution in [2.24, 2.45) is 0 Å². The highest BCUT2D eigenvalue weighted by Gasteiger charge is 2.30. The number of hydrogen-bond donors (Lipinski definition) is 1. The van der Waals surface area contributed by atoms with Crippen molar-refractivity contribution in [2.75, 3.05) is 19.7 Å². The molecule has 2 heteroatoms. The van der Waals surface area contributed by atoms with Crippen LogP contribution in [0.15, 0.2) is 30.3 Å². The van der Waals surface area contributed by atoms with E-state index in [1.54, 1.807) is 0 Å². The summed E-state index contributed by atoms with van der Waals surface area (Å²) in [6.45, 7) is 4.51. The van der Waals surface area contributed by atoms with E-state index < -0.39 is 0 Å². The normalized spacial score (nSPS) is 20.4. The van der Waals surface area contributed by atoms with Crippen molar-refractivity contribution in [3.8, 4) is 0 Å². The second-order valence-electron chi connectivity index (χ2n) is 4.09. The van der Waals surface area contributed by atoms with Crippen molar-refractivity contribution in [3.05, 3.63) is 35.9 Å². The molecular formula is C12H17NO. The van der Waals surface area contributed by atoms with Crippen LogP contribution in [0.1, 0.15) is 18.4 Å². The summed E-state index contributed by atoms with van der Waals surface area (Å²) in [5, 5.41) is 8.99. The Kier molecular flexibility index (Phi) is 2.85. The van der Waals surface area contributed by atoms with Crippen molar-refractivity contribution in [2.45, 2.75) is 18.9 Å². The Morgan fingerprint density at radius 2 is 2.00 bits per heavy atom. The second kappa shape index (κ2) is 4.11. The predicted molar refractivity (Wildman–Crippen MR) is 57.3 cm³/mol. The molecular weight excluding hydrogens is 174 g/mol. The monoisotopic (exact) mass is 191 g/mol. The molecule has 2 nitrogen and oxygen atoms in total. The number of likely N-dealkylation sites (tertiary alicyclic amines) is 1. The van der Waals surface area contributed by atoms with Crippen LogP contribution in [0.5, 0.6) is 0 Å². The standard InChI is InChI=1S/C12H17NO/c1-10(9-14)13-7-12(8-13)11-5-3-2-4-6-11/h2-6,10,12,14H,7-9H2,1H3. The summed E-state index contributed by atoms with van der Waals surface area (Å²) in [5.74, 6) is 0.671. The molecule has 1 aliphatic heterocycles. The summed E-state index contributed by atoms with van der Waals surface area (Å²) in [6.07, 6.45) is 0. The molecule has 0 radical (unpaired) electrons. The Bertz CT molecular complexity index is 280. The van der Waals surface area contributed by atoms with Gasteiger partial charge in [0.2, 0.25) is 0 Å². The first-order chi connectivity index (χ1) is 6.81. The SMILES string of the molecule is CC(CO)N1CC(c2ccccc2)C1. The third-order valence-electron chi connectivity index (χ3n) is 3.07. The number of rotatable bonds is 3. The molecule has 0 bridgehead atoms. The van der Waals surface area contributed by atoms with Crippen LogP contribution in [-0.2, 0) is 0 Å². The largest absolute Gasteiger partial charge is 0.395 e. The molecule has 0 amide bonds. The zero-order valence-corrected chi connectivity index (χ0v) is 8.56. The first-order valence-electron chi connectivity index (χ1n) is 5.21. The number of hydrogen-bond acceptors (Lipinski definition) is 2.